The van der Waals surface area contributed by atoms with Crippen LogP contribution in [0, 0.1) is 0 Å². The highest BCUT2D eigenvalue weighted by Crippen LogP contribution is 2.16. The maximum Gasteiger partial charge on any atom is 0.129 e. The van der Waals surface area contributed by atoms with Gasteiger partial charge in [-0.2, -0.15) is 0 Å². The van der Waals surface area contributed by atoms with Crippen LogP contribution in [0.2, 0.25) is 0 Å². The number of likely N-dealkylation sites (N-methyl/N-ethyl adjacent to an activating group) is 1. The Morgan fingerprint density at radius 3 is 3.00 bits per heavy atom. The second kappa shape index (κ2) is 4.28. The van der Waals surface area contributed by atoms with Crippen LogP contribution in [0.1, 0.15) is 19.2 Å². The zero-order valence-electron chi connectivity index (χ0n) is 20.7. The Balaban J connectivity index is 2.92. The van der Waals surface area contributed by atoms with Gasteiger partial charge in [0, 0.05) is 35.6 Å². The fraction of sp³-hybridized carbons (Fsp3) is 0.500. The largest absolute Gasteiger partial charge is 0.354 e. The van der Waals surface area contributed by atoms with Crippen molar-refractivity contribution < 1.29 is 19.2 Å². The predicted molar refractivity (Wildman–Crippen MR) is 61.6 cm³/mol. The lowest BCUT2D eigenvalue weighted by Crippen LogP contribution is -2.44. The van der Waals surface area contributed by atoms with E-state index < -0.39 is 61.8 Å². The molecule has 2 rings (SSSR count). The molecule has 0 aromatic carbocycles. The highest BCUT2D eigenvalue weighted by molar-refractivity contribution is 9.10. The van der Waals surface area contributed by atoms with Gasteiger partial charge >= 0.3 is 0 Å². The average molecular weight is 270 g/mol. The van der Waals surface area contributed by atoms with E-state index in [1.807, 2.05) is 0 Å². The Bertz CT molecular complexity index is 778. The molecule has 1 aromatic rings. The third kappa shape index (κ3) is 2.25. The first kappa shape index (κ1) is 2.55. The van der Waals surface area contributed by atoms with Crippen molar-refractivity contribution in [1.29, 1.82) is 0 Å². The molecule has 76 valence electrons. The molecule has 14 heavy (non-hydrogen) atoms. The molecule has 1 aliphatic heterocycles. The molecule has 2 heterocycles. The van der Waals surface area contributed by atoms with Crippen LogP contribution in [0.5, 0.6) is 0 Å². The summed E-state index contributed by atoms with van der Waals surface area (Å²) in [4.78, 5) is 3.03. The monoisotopic (exact) mass is 269 g/mol. The van der Waals surface area contributed by atoms with Crippen LogP contribution in [0.4, 0.5) is 5.82 Å². The fourth-order valence-corrected chi connectivity index (χ4v) is 1.02. The van der Waals surface area contributed by atoms with E-state index >= 15 is 0 Å². The number of pyridine rings is 1. The van der Waals surface area contributed by atoms with Gasteiger partial charge in [0.1, 0.15) is 10.4 Å². The third-order valence-corrected chi connectivity index (χ3v) is 1.68. The lowest BCUT2D eigenvalue weighted by molar-refractivity contribution is 0.312. The van der Waals surface area contributed by atoms with Crippen molar-refractivity contribution in [3.8, 4) is 0 Å². The van der Waals surface area contributed by atoms with E-state index in [0.29, 0.717) is 0 Å². The molecule has 0 amide bonds. The first-order valence-corrected chi connectivity index (χ1v) is 4.27. The SMILES string of the molecule is [2H]c1c(Br)nc(N2C([2H])([2H])C([2H])([2H])N(C([2H])([2H])[2H])C([2H])([2H])C2([2H])[2H])c([2H])c1[2H]. The van der Waals surface area contributed by atoms with E-state index in [4.69, 9.17) is 19.2 Å². The van der Waals surface area contributed by atoms with Crippen LogP contribution in [0.25, 0.3) is 0 Å². The molecule has 1 aromatic heterocycles. The summed E-state index contributed by atoms with van der Waals surface area (Å²) in [5.41, 5.74) is 0. The number of aromatic nitrogens is 1. The Labute approximate surface area is 113 Å². The molecule has 3 nitrogen and oxygen atoms in total. The maximum atomic E-state index is 8.13. The van der Waals surface area contributed by atoms with Crippen molar-refractivity contribution in [1.82, 2.24) is 9.88 Å². The van der Waals surface area contributed by atoms with Crippen LogP contribution >= 0.6 is 15.9 Å². The molecule has 0 radical (unpaired) electrons. The molecule has 0 aliphatic carbocycles. The van der Waals surface area contributed by atoms with Crippen molar-refractivity contribution >= 4 is 21.7 Å². The zero-order chi connectivity index (χ0) is 22.2. The lowest BCUT2D eigenvalue weighted by atomic mass is 10.3. The molecular weight excluding hydrogens is 242 g/mol. The normalized spacial score (nSPS) is 48.5. The van der Waals surface area contributed by atoms with Crippen molar-refractivity contribution in [3.05, 3.63) is 22.7 Å². The van der Waals surface area contributed by atoms with Crippen molar-refractivity contribution in [2.24, 2.45) is 0 Å². The number of rotatable bonds is 1. The number of hydrogen-bond donors (Lipinski definition) is 0. The van der Waals surface area contributed by atoms with E-state index in [2.05, 4.69) is 20.9 Å². The standard InChI is InChI=1S/C10H14BrN3/c1-13-5-7-14(8-6-13)10-4-2-3-9(11)12-10/h2-4H,5-8H2,1H3/i1D3,2D,3D,4D,5D2,6D2,7D2,8D2. The number of anilines is 1. The van der Waals surface area contributed by atoms with E-state index in [1.165, 1.54) is 0 Å². The van der Waals surface area contributed by atoms with Crippen molar-refractivity contribution in [2.75, 3.05) is 37.9 Å². The van der Waals surface area contributed by atoms with Gasteiger partial charge in [0.15, 0.2) is 0 Å². The Hall–Kier alpha value is -0.610. The number of hydrogen-bond acceptors (Lipinski definition) is 3. The molecular formula is C10H14BrN3. The van der Waals surface area contributed by atoms with Crippen LogP contribution in [0.15, 0.2) is 22.7 Å². The summed E-state index contributed by atoms with van der Waals surface area (Å²) in [5, 5.41) is 0. The van der Waals surface area contributed by atoms with Crippen LogP contribution in [0.3, 0.4) is 0 Å². The van der Waals surface area contributed by atoms with Gasteiger partial charge in [-0.3, -0.25) is 0 Å². The van der Waals surface area contributed by atoms with E-state index in [-0.39, 0.29) is 9.50 Å². The smallest absolute Gasteiger partial charge is 0.129 e. The van der Waals surface area contributed by atoms with Gasteiger partial charge in [0.05, 0.1) is 9.60 Å². The Kier molecular flexibility index (Phi) is 0.779. The minimum Gasteiger partial charge on any atom is -0.354 e. The number of piperazine rings is 1. The quantitative estimate of drug-likeness (QED) is 0.723. The van der Waals surface area contributed by atoms with Crippen LogP contribution < -0.4 is 4.90 Å². The zero-order valence-corrected chi connectivity index (χ0v) is 8.31. The number of nitrogens with zero attached hydrogens (tertiary/aromatic N) is 3. The molecule has 4 heteroatoms. The molecule has 1 aliphatic rings. The minimum atomic E-state index is -3.62. The van der Waals surface area contributed by atoms with Gasteiger partial charge in [-0.1, -0.05) is 6.04 Å². The molecule has 0 bridgehead atoms. The van der Waals surface area contributed by atoms with Gasteiger partial charge in [-0.25, -0.2) is 4.98 Å². The maximum absolute atomic E-state index is 8.13. The van der Waals surface area contributed by atoms with Crippen molar-refractivity contribution in [3.63, 3.8) is 0 Å². The second-order valence-corrected chi connectivity index (χ2v) is 2.97. The summed E-state index contributed by atoms with van der Waals surface area (Å²) in [6.07, 6.45) is 0. The van der Waals surface area contributed by atoms with Crippen LogP contribution in [-0.2, 0) is 0 Å². The predicted octanol–water partition coefficient (Wildman–Crippen LogP) is 1.60. The van der Waals surface area contributed by atoms with E-state index in [1.54, 1.807) is 0 Å². The first-order chi connectivity index (χ1) is 12.2. The molecule has 1 fully saturated rings. The topological polar surface area (TPSA) is 19.4 Å². The van der Waals surface area contributed by atoms with Crippen molar-refractivity contribution in [2.45, 2.75) is 0 Å². The fourth-order valence-electron chi connectivity index (χ4n) is 0.755. The summed E-state index contributed by atoms with van der Waals surface area (Å²) in [5.74, 6) is -0.958. The summed E-state index contributed by atoms with van der Waals surface area (Å²) < 4.78 is 110. The van der Waals surface area contributed by atoms with E-state index in [9.17, 15) is 0 Å². The average Bonchev–Trinajstić information content (AvgIpc) is 2.46. The minimum absolute atomic E-state index is 0.118. The first-order valence-electron chi connectivity index (χ1n) is 10.5. The third-order valence-electron chi connectivity index (χ3n) is 1.30. The molecule has 0 saturated carbocycles. The molecule has 0 atom stereocenters. The molecule has 0 unspecified atom stereocenters. The summed E-state index contributed by atoms with van der Waals surface area (Å²) >= 11 is 2.81. The molecule has 1 saturated heterocycles. The molecule has 0 spiro atoms. The lowest BCUT2D eigenvalue weighted by Gasteiger charge is -2.33. The van der Waals surface area contributed by atoms with Gasteiger partial charge in [-0.15, -0.1) is 0 Å². The van der Waals surface area contributed by atoms with Gasteiger partial charge in [0.25, 0.3) is 0 Å². The van der Waals surface area contributed by atoms with Gasteiger partial charge in [-0.05, 0) is 35.0 Å². The Morgan fingerprint density at radius 1 is 1.50 bits per heavy atom. The molecule has 0 N–H and O–H groups in total. The van der Waals surface area contributed by atoms with E-state index in [0.717, 1.165) is 0 Å². The highest BCUT2D eigenvalue weighted by Gasteiger charge is 2.14. The highest BCUT2D eigenvalue weighted by atomic mass is 79.9. The number of halogens is 1. The van der Waals surface area contributed by atoms with Crippen LogP contribution in [-0.4, -0.2) is 42.8 Å². The Morgan fingerprint density at radius 2 is 2.29 bits per heavy atom. The summed E-state index contributed by atoms with van der Waals surface area (Å²) in [6.45, 7) is -17.9. The van der Waals surface area contributed by atoms with Gasteiger partial charge in [0.2, 0.25) is 0 Å². The summed E-state index contributed by atoms with van der Waals surface area (Å²) in [6, 6.07) is -2.31. The van der Waals surface area contributed by atoms with Gasteiger partial charge < -0.3 is 9.80 Å². The second-order valence-electron chi connectivity index (χ2n) is 2.22. The summed E-state index contributed by atoms with van der Waals surface area (Å²) in [7, 11) is 0.